The van der Waals surface area contributed by atoms with E-state index in [1.807, 2.05) is 48.5 Å². The summed E-state index contributed by atoms with van der Waals surface area (Å²) in [6, 6.07) is 20.1. The molecule has 1 N–H and O–H groups in total. The number of hydrogen-bond acceptors (Lipinski definition) is 4. The number of aromatic nitrogens is 1. The van der Waals surface area contributed by atoms with E-state index in [1.165, 1.54) is 5.56 Å². The predicted octanol–water partition coefficient (Wildman–Crippen LogP) is 3.34. The lowest BCUT2D eigenvalue weighted by atomic mass is 10.2. The van der Waals surface area contributed by atoms with Gasteiger partial charge in [-0.25, -0.2) is 4.98 Å². The molecule has 0 atom stereocenters. The van der Waals surface area contributed by atoms with E-state index in [1.54, 1.807) is 6.20 Å². The van der Waals surface area contributed by atoms with Gasteiger partial charge in [0, 0.05) is 18.7 Å². The Labute approximate surface area is 136 Å². The van der Waals surface area contributed by atoms with Gasteiger partial charge in [0.05, 0.1) is 19.3 Å². The molecule has 1 heterocycles. The van der Waals surface area contributed by atoms with Crippen LogP contribution in [-0.4, -0.2) is 28.1 Å². The molecule has 0 amide bonds. The molecule has 0 radical (unpaired) electrons. The summed E-state index contributed by atoms with van der Waals surface area (Å²) in [4.78, 5) is 6.49. The molecule has 0 saturated heterocycles. The van der Waals surface area contributed by atoms with E-state index in [0.717, 1.165) is 17.9 Å². The van der Waals surface area contributed by atoms with Crippen LogP contribution in [0, 0.1) is 0 Å². The Morgan fingerprint density at radius 1 is 0.913 bits per heavy atom. The minimum Gasteiger partial charge on any atom is -0.439 e. The van der Waals surface area contributed by atoms with Crippen molar-refractivity contribution in [3.63, 3.8) is 0 Å². The van der Waals surface area contributed by atoms with Crippen LogP contribution in [-0.2, 0) is 13.1 Å². The molecule has 0 unspecified atom stereocenters. The molecule has 4 heteroatoms. The molecular weight excluding hydrogens is 288 g/mol. The normalized spacial score (nSPS) is 11.0. The molecule has 0 spiro atoms. The molecule has 0 saturated carbocycles. The minimum absolute atomic E-state index is 0.110. The summed E-state index contributed by atoms with van der Waals surface area (Å²) in [5.74, 6) is 1.43. The Hall–Kier alpha value is -2.43. The predicted molar refractivity (Wildman–Crippen MR) is 89.6 cm³/mol. The SMILES string of the molecule is OCCN(Cc1ccccc1)Cc1ncc(-c2ccccc2)o1. The lowest BCUT2D eigenvalue weighted by Gasteiger charge is -2.19. The molecule has 0 aliphatic heterocycles. The summed E-state index contributed by atoms with van der Waals surface area (Å²) >= 11 is 0. The Kier molecular flexibility index (Phi) is 5.19. The second-order valence-electron chi connectivity index (χ2n) is 5.40. The van der Waals surface area contributed by atoms with Crippen molar-refractivity contribution in [2.45, 2.75) is 13.1 Å². The van der Waals surface area contributed by atoms with E-state index in [2.05, 4.69) is 22.0 Å². The van der Waals surface area contributed by atoms with E-state index in [4.69, 9.17) is 4.42 Å². The third-order valence-corrected chi connectivity index (χ3v) is 3.64. The fraction of sp³-hybridized carbons (Fsp3) is 0.211. The van der Waals surface area contributed by atoms with Crippen LogP contribution in [0.5, 0.6) is 0 Å². The van der Waals surface area contributed by atoms with E-state index in [0.29, 0.717) is 19.0 Å². The van der Waals surface area contributed by atoms with Crippen molar-refractivity contribution in [1.29, 1.82) is 0 Å². The number of aliphatic hydroxyl groups excluding tert-OH is 1. The topological polar surface area (TPSA) is 49.5 Å². The standard InChI is InChI=1S/C19H20N2O2/c22-12-11-21(14-16-7-3-1-4-8-16)15-19-20-13-18(23-19)17-9-5-2-6-10-17/h1-10,13,22H,11-12,14-15H2. The summed E-state index contributed by atoms with van der Waals surface area (Å²) in [6.45, 7) is 2.02. The lowest BCUT2D eigenvalue weighted by Crippen LogP contribution is -2.26. The van der Waals surface area contributed by atoms with Gasteiger partial charge in [-0.05, 0) is 5.56 Å². The molecule has 1 aromatic heterocycles. The van der Waals surface area contributed by atoms with E-state index < -0.39 is 0 Å². The van der Waals surface area contributed by atoms with E-state index in [9.17, 15) is 5.11 Å². The first kappa shape index (κ1) is 15.5. The lowest BCUT2D eigenvalue weighted by molar-refractivity contribution is 0.173. The summed E-state index contributed by atoms with van der Waals surface area (Å²) in [5, 5.41) is 9.28. The third-order valence-electron chi connectivity index (χ3n) is 3.64. The minimum atomic E-state index is 0.110. The quantitative estimate of drug-likeness (QED) is 0.727. The maximum atomic E-state index is 9.28. The molecule has 0 fully saturated rings. The van der Waals surface area contributed by atoms with Crippen LogP contribution >= 0.6 is 0 Å². The van der Waals surface area contributed by atoms with Crippen molar-refractivity contribution in [3.05, 3.63) is 78.3 Å². The molecule has 3 aromatic rings. The van der Waals surface area contributed by atoms with Crippen molar-refractivity contribution in [2.24, 2.45) is 0 Å². The average molecular weight is 308 g/mol. The van der Waals surface area contributed by atoms with Crippen molar-refractivity contribution in [3.8, 4) is 11.3 Å². The fourth-order valence-corrected chi connectivity index (χ4v) is 2.51. The maximum Gasteiger partial charge on any atom is 0.209 e. The molecule has 118 valence electrons. The maximum absolute atomic E-state index is 9.28. The first-order chi connectivity index (χ1) is 11.3. The van der Waals surface area contributed by atoms with Gasteiger partial charge in [0.25, 0.3) is 0 Å². The third kappa shape index (κ3) is 4.28. The van der Waals surface area contributed by atoms with Gasteiger partial charge in [0.2, 0.25) is 5.89 Å². The zero-order valence-electron chi connectivity index (χ0n) is 12.9. The molecule has 0 aliphatic carbocycles. The van der Waals surface area contributed by atoms with Crippen LogP contribution in [0.1, 0.15) is 11.5 Å². The summed E-state index contributed by atoms with van der Waals surface area (Å²) < 4.78 is 5.85. The number of nitrogens with zero attached hydrogens (tertiary/aromatic N) is 2. The van der Waals surface area contributed by atoms with Gasteiger partial charge in [-0.2, -0.15) is 0 Å². The highest BCUT2D eigenvalue weighted by molar-refractivity contribution is 5.55. The van der Waals surface area contributed by atoms with Gasteiger partial charge < -0.3 is 9.52 Å². The number of benzene rings is 2. The highest BCUT2D eigenvalue weighted by Gasteiger charge is 2.12. The van der Waals surface area contributed by atoms with Gasteiger partial charge in [-0.15, -0.1) is 0 Å². The van der Waals surface area contributed by atoms with Gasteiger partial charge in [0.1, 0.15) is 0 Å². The highest BCUT2D eigenvalue weighted by Crippen LogP contribution is 2.20. The first-order valence-corrected chi connectivity index (χ1v) is 7.72. The summed E-state index contributed by atoms with van der Waals surface area (Å²) in [6.07, 6.45) is 1.75. The van der Waals surface area contributed by atoms with Crippen molar-refractivity contribution in [1.82, 2.24) is 9.88 Å². The number of hydrogen-bond donors (Lipinski definition) is 1. The number of aliphatic hydroxyl groups is 1. The Bertz CT molecular complexity index is 711. The largest absolute Gasteiger partial charge is 0.439 e. The molecular formula is C19H20N2O2. The second kappa shape index (κ2) is 7.72. The van der Waals surface area contributed by atoms with Crippen molar-refractivity contribution < 1.29 is 9.52 Å². The first-order valence-electron chi connectivity index (χ1n) is 7.72. The molecule has 0 aliphatic rings. The van der Waals surface area contributed by atoms with Crippen LogP contribution in [0.4, 0.5) is 0 Å². The molecule has 0 bridgehead atoms. The van der Waals surface area contributed by atoms with Crippen molar-refractivity contribution in [2.75, 3.05) is 13.2 Å². The Balaban J connectivity index is 1.69. The van der Waals surface area contributed by atoms with Crippen LogP contribution in [0.15, 0.2) is 71.3 Å². The zero-order valence-corrected chi connectivity index (χ0v) is 12.9. The van der Waals surface area contributed by atoms with Crippen LogP contribution in [0.25, 0.3) is 11.3 Å². The summed E-state index contributed by atoms with van der Waals surface area (Å²) in [5.41, 5.74) is 2.22. The summed E-state index contributed by atoms with van der Waals surface area (Å²) in [7, 11) is 0. The van der Waals surface area contributed by atoms with E-state index >= 15 is 0 Å². The van der Waals surface area contributed by atoms with Gasteiger partial charge in [-0.1, -0.05) is 60.7 Å². The molecule has 4 nitrogen and oxygen atoms in total. The van der Waals surface area contributed by atoms with E-state index in [-0.39, 0.29) is 6.61 Å². The van der Waals surface area contributed by atoms with Gasteiger partial charge in [0.15, 0.2) is 5.76 Å². The Morgan fingerprint density at radius 3 is 2.30 bits per heavy atom. The average Bonchev–Trinajstić information content (AvgIpc) is 3.05. The molecule has 23 heavy (non-hydrogen) atoms. The van der Waals surface area contributed by atoms with Gasteiger partial charge >= 0.3 is 0 Å². The molecule has 2 aromatic carbocycles. The second-order valence-corrected chi connectivity index (χ2v) is 5.40. The number of oxazole rings is 1. The zero-order chi connectivity index (χ0) is 15.9. The fourth-order valence-electron chi connectivity index (χ4n) is 2.51. The Morgan fingerprint density at radius 2 is 1.61 bits per heavy atom. The highest BCUT2D eigenvalue weighted by atomic mass is 16.4. The van der Waals surface area contributed by atoms with Crippen LogP contribution < -0.4 is 0 Å². The van der Waals surface area contributed by atoms with Crippen LogP contribution in [0.2, 0.25) is 0 Å². The van der Waals surface area contributed by atoms with Gasteiger partial charge in [-0.3, -0.25) is 4.90 Å². The molecule has 3 rings (SSSR count). The van der Waals surface area contributed by atoms with Crippen LogP contribution in [0.3, 0.4) is 0 Å². The number of rotatable bonds is 7. The van der Waals surface area contributed by atoms with Crippen molar-refractivity contribution >= 4 is 0 Å². The monoisotopic (exact) mass is 308 g/mol. The smallest absolute Gasteiger partial charge is 0.209 e.